The van der Waals surface area contributed by atoms with Gasteiger partial charge in [-0.05, 0) is 42.7 Å². The van der Waals surface area contributed by atoms with Crippen molar-refractivity contribution in [2.75, 3.05) is 5.75 Å². The Morgan fingerprint density at radius 3 is 2.55 bits per heavy atom. The second-order valence-electron chi connectivity index (χ2n) is 6.14. The van der Waals surface area contributed by atoms with E-state index in [2.05, 4.69) is 6.07 Å². The number of aliphatic hydroxyl groups excluding tert-OH is 1. The fourth-order valence-electron chi connectivity index (χ4n) is 3.29. The van der Waals surface area contributed by atoms with Crippen LogP contribution in [0.25, 0.3) is 0 Å². The number of benzene rings is 1. The van der Waals surface area contributed by atoms with E-state index in [9.17, 15) is 13.5 Å². The molecule has 0 bridgehead atoms. The number of sulfone groups is 1. The van der Waals surface area contributed by atoms with Crippen molar-refractivity contribution in [2.45, 2.75) is 55.8 Å². The Morgan fingerprint density at radius 1 is 1.10 bits per heavy atom. The molecule has 4 heteroatoms. The lowest BCUT2D eigenvalue weighted by atomic mass is 9.79. The Bertz CT molecular complexity index is 575. The molecule has 1 aromatic rings. The standard InChI is InChI=1S/C16H22O3S/c17-16(15-9-1-2-10-20(15,18)19)14-8-4-7-13(11-14)12-5-3-6-12/h4,7-8,11-12,15-17H,1-3,5-6,9-10H2. The van der Waals surface area contributed by atoms with E-state index in [1.54, 1.807) is 0 Å². The SMILES string of the molecule is O=S1(=O)CCCCC1C(O)c1cccc(C2CCC2)c1. The summed E-state index contributed by atoms with van der Waals surface area (Å²) in [6.07, 6.45) is 5.02. The third kappa shape index (κ3) is 2.63. The lowest BCUT2D eigenvalue weighted by Crippen LogP contribution is -2.33. The summed E-state index contributed by atoms with van der Waals surface area (Å²) >= 11 is 0. The van der Waals surface area contributed by atoms with E-state index in [0.29, 0.717) is 12.3 Å². The molecule has 1 aliphatic carbocycles. The van der Waals surface area contributed by atoms with E-state index < -0.39 is 21.2 Å². The van der Waals surface area contributed by atoms with Crippen LogP contribution in [0.5, 0.6) is 0 Å². The summed E-state index contributed by atoms with van der Waals surface area (Å²) in [6.45, 7) is 0. The maximum atomic E-state index is 12.1. The van der Waals surface area contributed by atoms with E-state index in [1.165, 1.54) is 24.8 Å². The highest BCUT2D eigenvalue weighted by Gasteiger charge is 2.35. The molecule has 0 amide bonds. The average molecular weight is 294 g/mol. The highest BCUT2D eigenvalue weighted by Crippen LogP contribution is 2.38. The Hall–Kier alpha value is -0.870. The van der Waals surface area contributed by atoms with E-state index >= 15 is 0 Å². The van der Waals surface area contributed by atoms with Gasteiger partial charge in [-0.15, -0.1) is 0 Å². The van der Waals surface area contributed by atoms with Gasteiger partial charge >= 0.3 is 0 Å². The third-order valence-corrected chi connectivity index (χ3v) is 7.08. The summed E-state index contributed by atoms with van der Waals surface area (Å²) in [5, 5.41) is 9.88. The number of rotatable bonds is 3. The van der Waals surface area contributed by atoms with Crippen LogP contribution in [0, 0.1) is 0 Å². The quantitative estimate of drug-likeness (QED) is 0.932. The number of hydrogen-bond acceptors (Lipinski definition) is 3. The molecule has 110 valence electrons. The molecule has 2 unspecified atom stereocenters. The Morgan fingerprint density at radius 2 is 1.90 bits per heavy atom. The molecular formula is C16H22O3S. The second kappa shape index (κ2) is 5.49. The first-order valence-electron chi connectivity index (χ1n) is 7.57. The first-order chi connectivity index (χ1) is 9.58. The van der Waals surface area contributed by atoms with Crippen LogP contribution in [-0.4, -0.2) is 24.5 Å². The van der Waals surface area contributed by atoms with Gasteiger partial charge in [-0.3, -0.25) is 0 Å². The van der Waals surface area contributed by atoms with Crippen LogP contribution in [-0.2, 0) is 9.84 Å². The molecule has 1 aliphatic heterocycles. The van der Waals surface area contributed by atoms with Crippen LogP contribution < -0.4 is 0 Å². The van der Waals surface area contributed by atoms with E-state index in [1.807, 2.05) is 18.2 Å². The van der Waals surface area contributed by atoms with Crippen LogP contribution in [0.2, 0.25) is 0 Å². The van der Waals surface area contributed by atoms with Gasteiger partial charge in [0.1, 0.15) is 0 Å². The van der Waals surface area contributed by atoms with Crippen molar-refractivity contribution in [3.63, 3.8) is 0 Å². The van der Waals surface area contributed by atoms with Crippen molar-refractivity contribution in [1.29, 1.82) is 0 Å². The molecule has 1 heterocycles. The fourth-order valence-corrected chi connectivity index (χ4v) is 5.27. The highest BCUT2D eigenvalue weighted by molar-refractivity contribution is 7.92. The van der Waals surface area contributed by atoms with Crippen LogP contribution >= 0.6 is 0 Å². The molecule has 1 saturated heterocycles. The van der Waals surface area contributed by atoms with Crippen molar-refractivity contribution >= 4 is 9.84 Å². The largest absolute Gasteiger partial charge is 0.387 e. The first-order valence-corrected chi connectivity index (χ1v) is 9.29. The van der Waals surface area contributed by atoms with Crippen molar-refractivity contribution < 1.29 is 13.5 Å². The van der Waals surface area contributed by atoms with Gasteiger partial charge in [0, 0.05) is 0 Å². The summed E-state index contributed by atoms with van der Waals surface area (Å²) in [4.78, 5) is 0. The fraction of sp³-hybridized carbons (Fsp3) is 0.625. The van der Waals surface area contributed by atoms with Crippen molar-refractivity contribution in [1.82, 2.24) is 0 Å². The monoisotopic (exact) mass is 294 g/mol. The molecule has 0 spiro atoms. The lowest BCUT2D eigenvalue weighted by Gasteiger charge is -2.29. The van der Waals surface area contributed by atoms with Gasteiger partial charge in [0.25, 0.3) is 0 Å². The molecule has 0 radical (unpaired) electrons. The Labute approximate surface area is 120 Å². The molecule has 3 rings (SSSR count). The predicted octanol–water partition coefficient (Wildman–Crippen LogP) is 2.95. The van der Waals surface area contributed by atoms with Crippen molar-refractivity contribution in [3.8, 4) is 0 Å². The summed E-state index contributed by atoms with van der Waals surface area (Å²) < 4.78 is 24.2. The van der Waals surface area contributed by atoms with Crippen molar-refractivity contribution in [2.24, 2.45) is 0 Å². The minimum absolute atomic E-state index is 0.219. The topological polar surface area (TPSA) is 54.4 Å². The zero-order valence-electron chi connectivity index (χ0n) is 11.7. The van der Waals surface area contributed by atoms with Crippen LogP contribution in [0.3, 0.4) is 0 Å². The molecule has 2 aliphatic rings. The number of hydrogen-bond donors (Lipinski definition) is 1. The first kappa shape index (κ1) is 14.1. The highest BCUT2D eigenvalue weighted by atomic mass is 32.2. The Balaban J connectivity index is 1.84. The maximum absolute atomic E-state index is 12.1. The molecule has 2 atom stereocenters. The van der Waals surface area contributed by atoms with Gasteiger partial charge < -0.3 is 5.11 Å². The minimum Gasteiger partial charge on any atom is -0.387 e. The van der Waals surface area contributed by atoms with Gasteiger partial charge in [0.15, 0.2) is 9.84 Å². The molecular weight excluding hydrogens is 272 g/mol. The molecule has 20 heavy (non-hydrogen) atoms. The summed E-state index contributed by atoms with van der Waals surface area (Å²) in [6, 6.07) is 7.91. The third-order valence-electron chi connectivity index (χ3n) is 4.81. The summed E-state index contributed by atoms with van der Waals surface area (Å²) in [5.41, 5.74) is 2.02. The van der Waals surface area contributed by atoms with Gasteiger partial charge in [-0.25, -0.2) is 8.42 Å². The lowest BCUT2D eigenvalue weighted by molar-refractivity contribution is 0.164. The van der Waals surface area contributed by atoms with Gasteiger partial charge in [-0.2, -0.15) is 0 Å². The predicted molar refractivity (Wildman–Crippen MR) is 79.4 cm³/mol. The van der Waals surface area contributed by atoms with Gasteiger partial charge in [0.2, 0.25) is 0 Å². The van der Waals surface area contributed by atoms with Crippen LogP contribution in [0.15, 0.2) is 24.3 Å². The zero-order valence-corrected chi connectivity index (χ0v) is 12.5. The summed E-state index contributed by atoms with van der Waals surface area (Å²) in [5.74, 6) is 0.821. The molecule has 1 saturated carbocycles. The smallest absolute Gasteiger partial charge is 0.156 e. The van der Waals surface area contributed by atoms with E-state index in [4.69, 9.17) is 0 Å². The zero-order chi connectivity index (χ0) is 14.2. The normalized spacial score (nSPS) is 27.8. The molecule has 2 fully saturated rings. The van der Waals surface area contributed by atoms with Crippen LogP contribution in [0.1, 0.15) is 61.7 Å². The minimum atomic E-state index is -3.15. The van der Waals surface area contributed by atoms with Crippen molar-refractivity contribution in [3.05, 3.63) is 35.4 Å². The molecule has 0 aromatic heterocycles. The van der Waals surface area contributed by atoms with Gasteiger partial charge in [-0.1, -0.05) is 37.1 Å². The van der Waals surface area contributed by atoms with E-state index in [0.717, 1.165) is 18.4 Å². The molecule has 3 nitrogen and oxygen atoms in total. The van der Waals surface area contributed by atoms with Gasteiger partial charge in [0.05, 0.1) is 17.1 Å². The number of aliphatic hydroxyl groups is 1. The van der Waals surface area contributed by atoms with Crippen LogP contribution in [0.4, 0.5) is 0 Å². The molecule has 1 N–H and O–H groups in total. The Kier molecular flexibility index (Phi) is 3.87. The summed E-state index contributed by atoms with van der Waals surface area (Å²) in [7, 11) is -3.15. The van der Waals surface area contributed by atoms with E-state index in [-0.39, 0.29) is 5.75 Å². The maximum Gasteiger partial charge on any atom is 0.156 e. The molecule has 1 aromatic carbocycles. The second-order valence-corrected chi connectivity index (χ2v) is 8.48. The average Bonchev–Trinajstić information content (AvgIpc) is 2.36.